The third-order valence-electron chi connectivity index (χ3n) is 3.03. The van der Waals surface area contributed by atoms with Crippen LogP contribution in [0.1, 0.15) is 0 Å². The average molecular weight is 316 g/mol. The SMILES string of the molecule is Cl.c1ccc2sc(-c3ccc(-c4nn[nH]n4)cc3)nc2c1. The number of tetrazole rings is 1. The second kappa shape index (κ2) is 5.59. The average Bonchev–Trinajstić information content (AvgIpc) is 3.17. The van der Waals surface area contributed by atoms with Crippen LogP contribution in [0.4, 0.5) is 0 Å². The van der Waals surface area contributed by atoms with Crippen molar-refractivity contribution in [2.24, 2.45) is 0 Å². The second-order valence-electron chi connectivity index (χ2n) is 4.30. The van der Waals surface area contributed by atoms with Crippen LogP contribution in [0.5, 0.6) is 0 Å². The van der Waals surface area contributed by atoms with Crippen LogP contribution in [0.3, 0.4) is 0 Å². The van der Waals surface area contributed by atoms with Gasteiger partial charge in [0.15, 0.2) is 0 Å². The number of aromatic nitrogens is 5. The number of aromatic amines is 1. The van der Waals surface area contributed by atoms with Crippen LogP contribution in [-0.4, -0.2) is 25.6 Å². The molecular formula is C14H10ClN5S. The third kappa shape index (κ3) is 2.51. The van der Waals surface area contributed by atoms with Gasteiger partial charge in [-0.15, -0.1) is 33.9 Å². The third-order valence-corrected chi connectivity index (χ3v) is 4.11. The van der Waals surface area contributed by atoms with Crippen LogP contribution < -0.4 is 0 Å². The number of thiazole rings is 1. The maximum absolute atomic E-state index is 4.64. The molecule has 0 spiro atoms. The van der Waals surface area contributed by atoms with E-state index in [1.165, 1.54) is 4.70 Å². The number of benzene rings is 2. The topological polar surface area (TPSA) is 67.3 Å². The number of hydrogen-bond acceptors (Lipinski definition) is 5. The Balaban J connectivity index is 0.00000132. The van der Waals surface area contributed by atoms with Crippen molar-refractivity contribution in [1.29, 1.82) is 0 Å². The molecule has 0 saturated heterocycles. The number of para-hydroxylation sites is 1. The summed E-state index contributed by atoms with van der Waals surface area (Å²) in [6, 6.07) is 16.2. The van der Waals surface area contributed by atoms with E-state index < -0.39 is 0 Å². The number of H-pyrrole nitrogens is 1. The van der Waals surface area contributed by atoms with Gasteiger partial charge in [-0.1, -0.05) is 36.4 Å². The van der Waals surface area contributed by atoms with Crippen molar-refractivity contribution in [2.45, 2.75) is 0 Å². The Kier molecular flexibility index (Phi) is 3.64. The highest BCUT2D eigenvalue weighted by Crippen LogP contribution is 2.30. The minimum absolute atomic E-state index is 0. The number of nitrogens with zero attached hydrogens (tertiary/aromatic N) is 4. The number of hydrogen-bond donors (Lipinski definition) is 1. The monoisotopic (exact) mass is 315 g/mol. The standard InChI is InChI=1S/C14H9N5S.ClH/c1-2-4-12-11(3-1)15-14(20-12)10-7-5-9(6-8-10)13-16-18-19-17-13;/h1-8H,(H,16,17,18,19);1H. The molecule has 0 bridgehead atoms. The molecule has 0 atom stereocenters. The molecule has 21 heavy (non-hydrogen) atoms. The quantitative estimate of drug-likeness (QED) is 0.614. The van der Waals surface area contributed by atoms with Crippen molar-refractivity contribution >= 4 is 34.0 Å². The summed E-state index contributed by atoms with van der Waals surface area (Å²) in [4.78, 5) is 4.64. The van der Waals surface area contributed by atoms with Gasteiger partial charge in [0.2, 0.25) is 5.82 Å². The maximum Gasteiger partial charge on any atom is 0.204 e. The fraction of sp³-hybridized carbons (Fsp3) is 0. The zero-order valence-corrected chi connectivity index (χ0v) is 12.4. The summed E-state index contributed by atoms with van der Waals surface area (Å²) in [6.45, 7) is 0. The van der Waals surface area contributed by atoms with Crippen LogP contribution >= 0.6 is 23.7 Å². The summed E-state index contributed by atoms with van der Waals surface area (Å²) in [5.41, 5.74) is 3.07. The zero-order chi connectivity index (χ0) is 13.4. The molecule has 2 aromatic heterocycles. The van der Waals surface area contributed by atoms with Crippen molar-refractivity contribution in [3.05, 3.63) is 48.5 Å². The fourth-order valence-electron chi connectivity index (χ4n) is 2.04. The van der Waals surface area contributed by atoms with Crippen molar-refractivity contribution in [3.63, 3.8) is 0 Å². The summed E-state index contributed by atoms with van der Waals surface area (Å²) in [5.74, 6) is 0.598. The highest BCUT2D eigenvalue weighted by atomic mass is 35.5. The van der Waals surface area contributed by atoms with E-state index in [-0.39, 0.29) is 12.4 Å². The molecule has 0 aliphatic rings. The van der Waals surface area contributed by atoms with Crippen molar-refractivity contribution in [3.8, 4) is 22.0 Å². The lowest BCUT2D eigenvalue weighted by Gasteiger charge is -1.97. The molecule has 0 aliphatic heterocycles. The van der Waals surface area contributed by atoms with E-state index >= 15 is 0 Å². The van der Waals surface area contributed by atoms with Crippen LogP contribution in [0.25, 0.3) is 32.2 Å². The molecule has 0 amide bonds. The molecule has 0 unspecified atom stereocenters. The maximum atomic E-state index is 4.64. The fourth-order valence-corrected chi connectivity index (χ4v) is 3.01. The minimum atomic E-state index is 0. The van der Waals surface area contributed by atoms with Gasteiger partial charge in [0, 0.05) is 11.1 Å². The minimum Gasteiger partial charge on any atom is -0.236 e. The summed E-state index contributed by atoms with van der Waals surface area (Å²) in [5, 5.41) is 15.0. The molecule has 0 saturated carbocycles. The smallest absolute Gasteiger partial charge is 0.204 e. The van der Waals surface area contributed by atoms with E-state index in [9.17, 15) is 0 Å². The molecular weight excluding hydrogens is 306 g/mol. The molecule has 5 nitrogen and oxygen atoms in total. The van der Waals surface area contributed by atoms with Gasteiger partial charge in [0.1, 0.15) is 5.01 Å². The lowest BCUT2D eigenvalue weighted by atomic mass is 10.1. The van der Waals surface area contributed by atoms with Crippen LogP contribution in [-0.2, 0) is 0 Å². The Bertz CT molecular complexity index is 822. The number of fused-ring (bicyclic) bond motifs is 1. The van der Waals surface area contributed by atoms with E-state index in [1.54, 1.807) is 11.3 Å². The summed E-state index contributed by atoms with van der Waals surface area (Å²) in [7, 11) is 0. The van der Waals surface area contributed by atoms with E-state index in [0.717, 1.165) is 21.7 Å². The van der Waals surface area contributed by atoms with Gasteiger partial charge >= 0.3 is 0 Å². The Morgan fingerprint density at radius 2 is 1.67 bits per heavy atom. The summed E-state index contributed by atoms with van der Waals surface area (Å²) in [6.07, 6.45) is 0. The first-order valence-electron chi connectivity index (χ1n) is 6.10. The van der Waals surface area contributed by atoms with E-state index in [4.69, 9.17) is 0 Å². The van der Waals surface area contributed by atoms with Gasteiger partial charge in [-0.25, -0.2) is 4.98 Å². The van der Waals surface area contributed by atoms with Crippen LogP contribution in [0, 0.1) is 0 Å². The number of halogens is 1. The summed E-state index contributed by atoms with van der Waals surface area (Å²) < 4.78 is 1.20. The van der Waals surface area contributed by atoms with Gasteiger partial charge in [-0.2, -0.15) is 5.21 Å². The van der Waals surface area contributed by atoms with Crippen molar-refractivity contribution in [2.75, 3.05) is 0 Å². The molecule has 2 heterocycles. The van der Waals surface area contributed by atoms with Crippen LogP contribution in [0.15, 0.2) is 48.5 Å². The Morgan fingerprint density at radius 1 is 0.905 bits per heavy atom. The van der Waals surface area contributed by atoms with E-state index in [2.05, 4.69) is 31.7 Å². The van der Waals surface area contributed by atoms with Crippen LogP contribution in [0.2, 0.25) is 0 Å². The molecule has 4 aromatic rings. The van der Waals surface area contributed by atoms with Gasteiger partial charge in [0.25, 0.3) is 0 Å². The molecule has 0 fully saturated rings. The molecule has 1 N–H and O–H groups in total. The Hall–Kier alpha value is -2.31. The molecule has 104 valence electrons. The Morgan fingerprint density at radius 3 is 2.38 bits per heavy atom. The summed E-state index contributed by atoms with van der Waals surface area (Å²) >= 11 is 1.69. The highest BCUT2D eigenvalue weighted by molar-refractivity contribution is 7.21. The van der Waals surface area contributed by atoms with Crippen molar-refractivity contribution in [1.82, 2.24) is 25.6 Å². The first kappa shape index (κ1) is 13.7. The van der Waals surface area contributed by atoms with Gasteiger partial charge in [0.05, 0.1) is 10.2 Å². The van der Waals surface area contributed by atoms with Gasteiger partial charge in [-0.3, -0.25) is 0 Å². The van der Waals surface area contributed by atoms with E-state index in [0.29, 0.717) is 5.82 Å². The first-order valence-corrected chi connectivity index (χ1v) is 6.92. The van der Waals surface area contributed by atoms with Gasteiger partial charge < -0.3 is 0 Å². The molecule has 0 aliphatic carbocycles. The predicted octanol–water partition coefficient (Wildman–Crippen LogP) is 3.57. The second-order valence-corrected chi connectivity index (χ2v) is 5.33. The lowest BCUT2D eigenvalue weighted by molar-refractivity contribution is 0.881. The highest BCUT2D eigenvalue weighted by Gasteiger charge is 2.07. The number of nitrogens with one attached hydrogen (secondary N) is 1. The zero-order valence-electron chi connectivity index (χ0n) is 10.7. The lowest BCUT2D eigenvalue weighted by Crippen LogP contribution is -1.82. The van der Waals surface area contributed by atoms with Gasteiger partial charge in [-0.05, 0) is 17.3 Å². The molecule has 2 aromatic carbocycles. The normalized spacial score (nSPS) is 10.5. The molecule has 0 radical (unpaired) electrons. The molecule has 7 heteroatoms. The largest absolute Gasteiger partial charge is 0.236 e. The predicted molar refractivity (Wildman–Crippen MR) is 85.5 cm³/mol. The number of rotatable bonds is 2. The molecule has 4 rings (SSSR count). The first-order chi connectivity index (χ1) is 9.90. The van der Waals surface area contributed by atoms with Crippen molar-refractivity contribution < 1.29 is 0 Å². The Labute approximate surface area is 130 Å². The van der Waals surface area contributed by atoms with E-state index in [1.807, 2.05) is 42.5 Å².